The molecule has 2 aromatic heterocycles. The third-order valence-electron chi connectivity index (χ3n) is 2.27. The molecule has 0 bridgehead atoms. The molecule has 1 atom stereocenters. The molecule has 0 aliphatic heterocycles. The summed E-state index contributed by atoms with van der Waals surface area (Å²) in [6, 6.07) is 1.30. The fraction of sp³-hybridized carbons (Fsp3) is 0.200. The lowest BCUT2D eigenvalue weighted by Crippen LogP contribution is -2.27. The SMILES string of the molecule is C[C@H](NC(=O)O)c1ncnn1-c1cnc(C#N)cn1. The minimum atomic E-state index is -1.16. The summed E-state index contributed by atoms with van der Waals surface area (Å²) in [5.41, 5.74) is 0.183. The van der Waals surface area contributed by atoms with Crippen LogP contribution in [0.1, 0.15) is 24.5 Å². The van der Waals surface area contributed by atoms with Gasteiger partial charge in [-0.05, 0) is 6.92 Å². The summed E-state index contributed by atoms with van der Waals surface area (Å²) in [6.07, 6.45) is 2.79. The van der Waals surface area contributed by atoms with Gasteiger partial charge in [-0.3, -0.25) is 0 Å². The van der Waals surface area contributed by atoms with Gasteiger partial charge in [0.25, 0.3) is 0 Å². The molecular formula is C10H9N7O2. The maximum absolute atomic E-state index is 10.6. The highest BCUT2D eigenvalue weighted by atomic mass is 16.4. The second kappa shape index (κ2) is 5.09. The number of nitrogens with one attached hydrogen (secondary N) is 1. The van der Waals surface area contributed by atoms with Gasteiger partial charge in [0.05, 0.1) is 18.4 Å². The predicted molar refractivity (Wildman–Crippen MR) is 61.2 cm³/mol. The Morgan fingerprint density at radius 2 is 2.26 bits per heavy atom. The van der Waals surface area contributed by atoms with Crippen LogP contribution < -0.4 is 5.32 Å². The third kappa shape index (κ3) is 2.63. The van der Waals surface area contributed by atoms with Crippen molar-refractivity contribution in [2.75, 3.05) is 0 Å². The molecule has 0 aliphatic carbocycles. The maximum atomic E-state index is 10.6. The van der Waals surface area contributed by atoms with E-state index < -0.39 is 12.1 Å². The van der Waals surface area contributed by atoms with Gasteiger partial charge in [0.15, 0.2) is 17.3 Å². The number of rotatable bonds is 3. The van der Waals surface area contributed by atoms with Crippen molar-refractivity contribution in [1.82, 2.24) is 30.0 Å². The molecule has 0 fully saturated rings. The number of hydrogen-bond acceptors (Lipinski definition) is 6. The van der Waals surface area contributed by atoms with Crippen molar-refractivity contribution in [1.29, 1.82) is 5.26 Å². The Morgan fingerprint density at radius 3 is 2.84 bits per heavy atom. The van der Waals surface area contributed by atoms with E-state index in [9.17, 15) is 4.79 Å². The smallest absolute Gasteiger partial charge is 0.405 e. The van der Waals surface area contributed by atoms with Crippen molar-refractivity contribution in [3.8, 4) is 11.9 Å². The van der Waals surface area contributed by atoms with Crippen LogP contribution in [0.2, 0.25) is 0 Å². The number of amides is 1. The first kappa shape index (κ1) is 12.4. The highest BCUT2D eigenvalue weighted by molar-refractivity contribution is 5.64. The standard InChI is InChI=1S/C10H9N7O2/c1-6(16-10(18)19)9-14-5-15-17(9)8-4-12-7(2-11)3-13-8/h3-6,16H,1H3,(H,18,19)/t6-/m0/s1. The average molecular weight is 259 g/mol. The van der Waals surface area contributed by atoms with E-state index in [1.165, 1.54) is 23.4 Å². The molecule has 19 heavy (non-hydrogen) atoms. The number of hydrogen-bond donors (Lipinski definition) is 2. The van der Waals surface area contributed by atoms with Crippen LogP contribution in [-0.4, -0.2) is 35.9 Å². The molecule has 0 aliphatic rings. The second-order valence-corrected chi connectivity index (χ2v) is 3.57. The van der Waals surface area contributed by atoms with E-state index in [0.717, 1.165) is 0 Å². The lowest BCUT2D eigenvalue weighted by Gasteiger charge is -2.11. The molecule has 96 valence electrons. The lowest BCUT2D eigenvalue weighted by atomic mass is 10.3. The molecule has 0 saturated carbocycles. The highest BCUT2D eigenvalue weighted by Gasteiger charge is 2.16. The van der Waals surface area contributed by atoms with E-state index >= 15 is 0 Å². The topological polar surface area (TPSA) is 130 Å². The summed E-state index contributed by atoms with van der Waals surface area (Å²) in [7, 11) is 0. The fourth-order valence-electron chi connectivity index (χ4n) is 1.46. The number of carbonyl (C=O) groups is 1. The van der Waals surface area contributed by atoms with E-state index in [0.29, 0.717) is 11.6 Å². The molecule has 9 heteroatoms. The first-order valence-electron chi connectivity index (χ1n) is 5.23. The van der Waals surface area contributed by atoms with Crippen molar-refractivity contribution < 1.29 is 9.90 Å². The molecule has 9 nitrogen and oxygen atoms in total. The Kier molecular flexibility index (Phi) is 3.33. The summed E-state index contributed by atoms with van der Waals surface area (Å²) in [5.74, 6) is 0.729. The largest absolute Gasteiger partial charge is 0.465 e. The minimum absolute atomic E-state index is 0.183. The van der Waals surface area contributed by atoms with Gasteiger partial charge in [0.1, 0.15) is 12.4 Å². The molecule has 2 rings (SSSR count). The molecule has 0 aromatic carbocycles. The van der Waals surface area contributed by atoms with E-state index in [2.05, 4.69) is 25.4 Å². The summed E-state index contributed by atoms with van der Waals surface area (Å²) >= 11 is 0. The van der Waals surface area contributed by atoms with Gasteiger partial charge in [-0.2, -0.15) is 15.0 Å². The normalized spacial score (nSPS) is 11.6. The van der Waals surface area contributed by atoms with Gasteiger partial charge in [0, 0.05) is 0 Å². The Bertz CT molecular complexity index is 628. The van der Waals surface area contributed by atoms with Crippen LogP contribution in [0.3, 0.4) is 0 Å². The quantitative estimate of drug-likeness (QED) is 0.808. The number of nitriles is 1. The van der Waals surface area contributed by atoms with E-state index in [1.807, 2.05) is 6.07 Å². The Morgan fingerprint density at radius 1 is 1.47 bits per heavy atom. The third-order valence-corrected chi connectivity index (χ3v) is 2.27. The molecule has 2 aromatic rings. The van der Waals surface area contributed by atoms with Crippen LogP contribution in [0.5, 0.6) is 0 Å². The molecule has 1 amide bonds. The van der Waals surface area contributed by atoms with Crippen LogP contribution in [-0.2, 0) is 0 Å². The molecule has 0 unspecified atom stereocenters. The van der Waals surface area contributed by atoms with Gasteiger partial charge < -0.3 is 10.4 Å². The van der Waals surface area contributed by atoms with E-state index in [1.54, 1.807) is 6.92 Å². The predicted octanol–water partition coefficient (Wildman–Crippen LogP) is 0.258. The average Bonchev–Trinajstić information content (AvgIpc) is 2.87. The first-order chi connectivity index (χ1) is 9.11. The number of aromatic nitrogens is 5. The van der Waals surface area contributed by atoms with E-state index in [4.69, 9.17) is 10.4 Å². The van der Waals surface area contributed by atoms with Crippen LogP contribution in [0.15, 0.2) is 18.7 Å². The monoisotopic (exact) mass is 259 g/mol. The molecule has 2 heterocycles. The van der Waals surface area contributed by atoms with Gasteiger partial charge in [-0.1, -0.05) is 0 Å². The van der Waals surface area contributed by atoms with Crippen molar-refractivity contribution in [3.05, 3.63) is 30.2 Å². The van der Waals surface area contributed by atoms with Crippen molar-refractivity contribution in [2.24, 2.45) is 0 Å². The zero-order chi connectivity index (χ0) is 13.8. The zero-order valence-electron chi connectivity index (χ0n) is 9.85. The maximum Gasteiger partial charge on any atom is 0.405 e. The Labute approximate surface area is 107 Å². The zero-order valence-corrected chi connectivity index (χ0v) is 9.85. The highest BCUT2D eigenvalue weighted by Crippen LogP contribution is 2.12. The minimum Gasteiger partial charge on any atom is -0.465 e. The van der Waals surface area contributed by atoms with Gasteiger partial charge in [-0.25, -0.2) is 19.7 Å². The molecule has 0 radical (unpaired) electrons. The summed E-state index contributed by atoms with van der Waals surface area (Å²) in [6.45, 7) is 1.63. The van der Waals surface area contributed by atoms with Crippen molar-refractivity contribution >= 4 is 6.09 Å². The lowest BCUT2D eigenvalue weighted by molar-refractivity contribution is 0.190. The summed E-state index contributed by atoms with van der Waals surface area (Å²) in [4.78, 5) is 22.5. The summed E-state index contributed by atoms with van der Waals surface area (Å²) < 4.78 is 1.36. The molecule has 0 saturated heterocycles. The van der Waals surface area contributed by atoms with Crippen LogP contribution >= 0.6 is 0 Å². The van der Waals surface area contributed by atoms with Gasteiger partial charge >= 0.3 is 6.09 Å². The van der Waals surface area contributed by atoms with Crippen LogP contribution in [0, 0.1) is 11.3 Å². The number of carboxylic acid groups (broad SMARTS) is 1. The van der Waals surface area contributed by atoms with Gasteiger partial charge in [-0.15, -0.1) is 0 Å². The first-order valence-corrected chi connectivity index (χ1v) is 5.23. The molecular weight excluding hydrogens is 250 g/mol. The fourth-order valence-corrected chi connectivity index (χ4v) is 1.46. The van der Waals surface area contributed by atoms with E-state index in [-0.39, 0.29) is 5.69 Å². The number of nitrogens with zero attached hydrogens (tertiary/aromatic N) is 6. The Hall–Kier alpha value is -3.02. The van der Waals surface area contributed by atoms with Gasteiger partial charge in [0.2, 0.25) is 0 Å². The van der Waals surface area contributed by atoms with Crippen molar-refractivity contribution in [2.45, 2.75) is 13.0 Å². The van der Waals surface area contributed by atoms with Crippen LogP contribution in [0.4, 0.5) is 4.79 Å². The Balaban J connectivity index is 2.33. The van der Waals surface area contributed by atoms with Crippen molar-refractivity contribution in [3.63, 3.8) is 0 Å². The second-order valence-electron chi connectivity index (χ2n) is 3.57. The molecule has 2 N–H and O–H groups in total. The summed E-state index contributed by atoms with van der Waals surface area (Å²) in [5, 5.41) is 23.5. The van der Waals surface area contributed by atoms with Crippen LogP contribution in [0.25, 0.3) is 5.82 Å². The molecule has 0 spiro atoms.